The van der Waals surface area contributed by atoms with Crippen molar-refractivity contribution in [3.05, 3.63) is 41.7 Å². The highest BCUT2D eigenvalue weighted by atomic mass is 35.5. The monoisotopic (exact) mass is 212 g/mol. The molecule has 1 rings (SSSR count). The molecule has 4 heteroatoms. The van der Waals surface area contributed by atoms with Crippen LogP contribution in [0.25, 0.3) is 0 Å². The number of aromatic nitrogens is 1. The van der Waals surface area contributed by atoms with Crippen molar-refractivity contribution in [3.8, 4) is 0 Å². The highest BCUT2D eigenvalue weighted by Crippen LogP contribution is 2.11. The third kappa shape index (κ3) is 3.46. The Morgan fingerprint density at radius 1 is 1.64 bits per heavy atom. The van der Waals surface area contributed by atoms with Gasteiger partial charge < -0.3 is 10.5 Å². The van der Waals surface area contributed by atoms with Crippen molar-refractivity contribution in [3.63, 3.8) is 0 Å². The summed E-state index contributed by atoms with van der Waals surface area (Å²) in [5.41, 5.74) is 6.60. The molecule has 0 saturated heterocycles. The van der Waals surface area contributed by atoms with Crippen LogP contribution in [-0.2, 0) is 4.74 Å². The molecule has 0 bridgehead atoms. The summed E-state index contributed by atoms with van der Waals surface area (Å²) in [5.74, 6) is 0. The molecule has 76 valence electrons. The zero-order chi connectivity index (χ0) is 10.4. The van der Waals surface area contributed by atoms with Gasteiger partial charge in [-0.1, -0.05) is 17.7 Å². The largest absolute Gasteiger partial charge is 0.375 e. The van der Waals surface area contributed by atoms with Gasteiger partial charge in [0.15, 0.2) is 0 Å². The highest BCUT2D eigenvalue weighted by molar-refractivity contribution is 6.30. The summed E-state index contributed by atoms with van der Waals surface area (Å²) < 4.78 is 5.21. The van der Waals surface area contributed by atoms with E-state index in [1.165, 1.54) is 0 Å². The quantitative estimate of drug-likeness (QED) is 0.600. The predicted molar refractivity (Wildman–Crippen MR) is 57.2 cm³/mol. The van der Waals surface area contributed by atoms with Gasteiger partial charge in [-0.15, -0.1) is 6.58 Å². The number of ether oxygens (including phenoxy) is 1. The molecule has 0 aliphatic heterocycles. The second-order valence-electron chi connectivity index (χ2n) is 2.83. The van der Waals surface area contributed by atoms with Crippen LogP contribution in [0.2, 0.25) is 5.02 Å². The van der Waals surface area contributed by atoms with Crippen molar-refractivity contribution in [2.75, 3.05) is 13.2 Å². The van der Waals surface area contributed by atoms with Gasteiger partial charge in [0, 0.05) is 6.20 Å². The van der Waals surface area contributed by atoms with Gasteiger partial charge in [-0.2, -0.15) is 0 Å². The molecule has 1 atom stereocenters. The molecule has 1 aromatic rings. The fraction of sp³-hybridized carbons (Fsp3) is 0.300. The van der Waals surface area contributed by atoms with E-state index in [1.807, 2.05) is 0 Å². The van der Waals surface area contributed by atoms with Crippen LogP contribution in [0.15, 0.2) is 31.0 Å². The second kappa shape index (κ2) is 5.75. The van der Waals surface area contributed by atoms with Crippen LogP contribution < -0.4 is 5.73 Å². The maximum atomic E-state index is 5.82. The lowest BCUT2D eigenvalue weighted by Crippen LogP contribution is -2.18. The highest BCUT2D eigenvalue weighted by Gasteiger charge is 2.06. The van der Waals surface area contributed by atoms with E-state index in [-0.39, 0.29) is 6.04 Å². The van der Waals surface area contributed by atoms with Crippen LogP contribution in [-0.4, -0.2) is 18.2 Å². The number of pyridine rings is 1. The Morgan fingerprint density at radius 3 is 3.00 bits per heavy atom. The van der Waals surface area contributed by atoms with Crippen molar-refractivity contribution >= 4 is 11.6 Å². The number of hydrogen-bond donors (Lipinski definition) is 1. The van der Waals surface area contributed by atoms with Crippen LogP contribution >= 0.6 is 11.6 Å². The first kappa shape index (κ1) is 11.2. The number of nitrogens with zero attached hydrogens (tertiary/aromatic N) is 1. The van der Waals surface area contributed by atoms with E-state index >= 15 is 0 Å². The predicted octanol–water partition coefficient (Wildman–Crippen LogP) is 1.94. The van der Waals surface area contributed by atoms with E-state index in [0.717, 1.165) is 5.69 Å². The van der Waals surface area contributed by atoms with Gasteiger partial charge in [0.2, 0.25) is 0 Å². The van der Waals surface area contributed by atoms with E-state index in [1.54, 1.807) is 24.4 Å². The maximum absolute atomic E-state index is 5.82. The molecular formula is C10H13ClN2O. The van der Waals surface area contributed by atoms with Gasteiger partial charge in [0.25, 0.3) is 0 Å². The molecule has 0 fully saturated rings. The molecule has 0 amide bonds. The van der Waals surface area contributed by atoms with E-state index in [4.69, 9.17) is 22.1 Å². The standard InChI is InChI=1S/C10H13ClN2O/c1-2-5-14-7-9(12)10-4-3-8(11)6-13-10/h2-4,6,9H,1,5,7,12H2/t9-/m0/s1. The number of halogens is 1. The molecular weight excluding hydrogens is 200 g/mol. The Labute approximate surface area is 88.5 Å². The van der Waals surface area contributed by atoms with E-state index in [2.05, 4.69) is 11.6 Å². The lowest BCUT2D eigenvalue weighted by atomic mass is 10.2. The molecule has 0 aliphatic carbocycles. The topological polar surface area (TPSA) is 48.1 Å². The molecule has 0 spiro atoms. The second-order valence-corrected chi connectivity index (χ2v) is 3.27. The zero-order valence-electron chi connectivity index (χ0n) is 7.82. The van der Waals surface area contributed by atoms with Crippen LogP contribution in [0.3, 0.4) is 0 Å². The lowest BCUT2D eigenvalue weighted by Gasteiger charge is -2.10. The Balaban J connectivity index is 2.47. The first-order valence-corrected chi connectivity index (χ1v) is 4.67. The molecule has 1 aromatic heterocycles. The van der Waals surface area contributed by atoms with Crippen LogP contribution in [0.5, 0.6) is 0 Å². The van der Waals surface area contributed by atoms with Crippen molar-refractivity contribution in [2.24, 2.45) is 5.73 Å². The van der Waals surface area contributed by atoms with E-state index < -0.39 is 0 Å². The first-order valence-electron chi connectivity index (χ1n) is 4.29. The smallest absolute Gasteiger partial charge is 0.0707 e. The minimum atomic E-state index is -0.216. The van der Waals surface area contributed by atoms with Gasteiger partial charge in [-0.05, 0) is 12.1 Å². The molecule has 3 nitrogen and oxygen atoms in total. The Hall–Kier alpha value is -0.900. The van der Waals surface area contributed by atoms with E-state index in [9.17, 15) is 0 Å². The summed E-state index contributed by atoms with van der Waals surface area (Å²) in [6, 6.07) is 3.34. The van der Waals surface area contributed by atoms with Gasteiger partial charge in [-0.3, -0.25) is 4.98 Å². The zero-order valence-corrected chi connectivity index (χ0v) is 8.57. The summed E-state index contributed by atoms with van der Waals surface area (Å²) in [5, 5.41) is 0.605. The molecule has 0 radical (unpaired) electrons. The third-order valence-corrected chi connectivity index (χ3v) is 1.89. The number of rotatable bonds is 5. The first-order chi connectivity index (χ1) is 6.74. The summed E-state index contributed by atoms with van der Waals surface area (Å²) in [6.45, 7) is 4.48. The van der Waals surface area contributed by atoms with Crippen molar-refractivity contribution in [2.45, 2.75) is 6.04 Å². The van der Waals surface area contributed by atoms with Gasteiger partial charge >= 0.3 is 0 Å². The average molecular weight is 213 g/mol. The Bertz CT molecular complexity index is 287. The van der Waals surface area contributed by atoms with Crippen molar-refractivity contribution in [1.82, 2.24) is 4.98 Å². The summed E-state index contributed by atoms with van der Waals surface area (Å²) in [7, 11) is 0. The van der Waals surface area contributed by atoms with Gasteiger partial charge in [0.1, 0.15) is 0 Å². The minimum absolute atomic E-state index is 0.216. The average Bonchev–Trinajstić information content (AvgIpc) is 2.19. The number of hydrogen-bond acceptors (Lipinski definition) is 3. The van der Waals surface area contributed by atoms with Gasteiger partial charge in [-0.25, -0.2) is 0 Å². The van der Waals surface area contributed by atoms with Crippen LogP contribution in [0, 0.1) is 0 Å². The molecule has 2 N–H and O–H groups in total. The SMILES string of the molecule is C=CCOC[C@H](N)c1ccc(Cl)cn1. The number of nitrogens with two attached hydrogens (primary N) is 1. The molecule has 14 heavy (non-hydrogen) atoms. The van der Waals surface area contributed by atoms with Crippen LogP contribution in [0.4, 0.5) is 0 Å². The fourth-order valence-corrected chi connectivity index (χ4v) is 1.08. The molecule has 0 saturated carbocycles. The fourth-order valence-electron chi connectivity index (χ4n) is 0.970. The van der Waals surface area contributed by atoms with Gasteiger partial charge in [0.05, 0.1) is 30.0 Å². The normalized spacial score (nSPS) is 12.4. The minimum Gasteiger partial charge on any atom is -0.375 e. The third-order valence-electron chi connectivity index (χ3n) is 1.66. The molecule has 0 aliphatic rings. The summed E-state index contributed by atoms with van der Waals surface area (Å²) >= 11 is 5.70. The molecule has 0 aromatic carbocycles. The molecule has 0 unspecified atom stereocenters. The maximum Gasteiger partial charge on any atom is 0.0707 e. The molecule has 1 heterocycles. The Morgan fingerprint density at radius 2 is 2.43 bits per heavy atom. The van der Waals surface area contributed by atoms with Crippen molar-refractivity contribution in [1.29, 1.82) is 0 Å². The van der Waals surface area contributed by atoms with Crippen LogP contribution in [0.1, 0.15) is 11.7 Å². The summed E-state index contributed by atoms with van der Waals surface area (Å²) in [4.78, 5) is 4.09. The summed E-state index contributed by atoms with van der Waals surface area (Å²) in [6.07, 6.45) is 3.26. The lowest BCUT2D eigenvalue weighted by molar-refractivity contribution is 0.146. The Kier molecular flexibility index (Phi) is 4.59. The van der Waals surface area contributed by atoms with Crippen molar-refractivity contribution < 1.29 is 4.74 Å². The van der Waals surface area contributed by atoms with E-state index in [0.29, 0.717) is 18.2 Å².